The molecule has 1 atom stereocenters. The van der Waals surface area contributed by atoms with Gasteiger partial charge in [0.1, 0.15) is 0 Å². The van der Waals surface area contributed by atoms with E-state index in [1.165, 1.54) is 6.26 Å². The van der Waals surface area contributed by atoms with Gasteiger partial charge in [-0.2, -0.15) is 0 Å². The summed E-state index contributed by atoms with van der Waals surface area (Å²) >= 11 is 0. The molecule has 1 heterocycles. The zero-order valence-corrected chi connectivity index (χ0v) is 14.6. The van der Waals surface area contributed by atoms with E-state index < -0.39 is 15.3 Å². The molecule has 2 aliphatic rings. The topological polar surface area (TPSA) is 81.7 Å². The first kappa shape index (κ1) is 17.4. The van der Waals surface area contributed by atoms with Gasteiger partial charge < -0.3 is 14.8 Å². The predicted octanol–water partition coefficient (Wildman–Crippen LogP) is 1.04. The smallest absolute Gasteiger partial charge is 0.230 e. The number of amides is 1. The molecule has 0 spiro atoms. The number of ether oxygens (including phenoxy) is 2. The minimum absolute atomic E-state index is 0.0185. The van der Waals surface area contributed by atoms with Crippen molar-refractivity contribution in [3.63, 3.8) is 0 Å². The highest BCUT2D eigenvalue weighted by Crippen LogP contribution is 2.44. The lowest BCUT2D eigenvalue weighted by Crippen LogP contribution is -2.51. The van der Waals surface area contributed by atoms with Gasteiger partial charge in [-0.05, 0) is 30.5 Å². The maximum absolute atomic E-state index is 12.7. The van der Waals surface area contributed by atoms with Crippen LogP contribution >= 0.6 is 0 Å². The molecule has 1 aromatic carbocycles. The van der Waals surface area contributed by atoms with Crippen LogP contribution in [0, 0.1) is 0 Å². The number of hydrogen-bond acceptors (Lipinski definition) is 5. The molecule has 2 fully saturated rings. The molecule has 0 bridgehead atoms. The molecule has 7 heteroatoms. The van der Waals surface area contributed by atoms with Crippen molar-refractivity contribution >= 4 is 15.7 Å². The second-order valence-electron chi connectivity index (χ2n) is 6.51. The van der Waals surface area contributed by atoms with Gasteiger partial charge in [-0.25, -0.2) is 8.42 Å². The summed E-state index contributed by atoms with van der Waals surface area (Å²) in [7, 11) is -3.23. The summed E-state index contributed by atoms with van der Waals surface area (Å²) in [6, 6.07) is 6.68. The Morgan fingerprint density at radius 1 is 1.25 bits per heavy atom. The van der Waals surface area contributed by atoms with Gasteiger partial charge in [-0.1, -0.05) is 18.6 Å². The van der Waals surface area contributed by atoms with Crippen molar-refractivity contribution < 1.29 is 22.7 Å². The summed E-state index contributed by atoms with van der Waals surface area (Å²) in [4.78, 5) is 13.0. The van der Waals surface area contributed by atoms with Crippen LogP contribution in [0.25, 0.3) is 0 Å². The summed E-state index contributed by atoms with van der Waals surface area (Å²) < 4.78 is 34.0. The number of rotatable bonds is 5. The second-order valence-corrected chi connectivity index (χ2v) is 8.53. The average molecular weight is 353 g/mol. The molecule has 1 saturated heterocycles. The van der Waals surface area contributed by atoms with E-state index in [0.29, 0.717) is 26.4 Å². The van der Waals surface area contributed by atoms with E-state index in [4.69, 9.17) is 9.47 Å². The summed E-state index contributed by atoms with van der Waals surface area (Å²) in [6.07, 6.45) is 3.62. The summed E-state index contributed by atoms with van der Waals surface area (Å²) in [5, 5.41) is 2.98. The molecule has 0 radical (unpaired) electrons. The van der Waals surface area contributed by atoms with Crippen LogP contribution in [0.15, 0.2) is 29.2 Å². The van der Waals surface area contributed by atoms with Crippen molar-refractivity contribution in [3.8, 4) is 0 Å². The van der Waals surface area contributed by atoms with Gasteiger partial charge in [-0.3, -0.25) is 4.79 Å². The summed E-state index contributed by atoms with van der Waals surface area (Å²) in [6.45, 7) is 2.08. The lowest BCUT2D eigenvalue weighted by atomic mass is 9.64. The van der Waals surface area contributed by atoms with Gasteiger partial charge >= 0.3 is 0 Å². The number of hydrogen-bond donors (Lipinski definition) is 1. The number of carbonyl (C=O) groups excluding carboxylic acids is 1. The van der Waals surface area contributed by atoms with Gasteiger partial charge in [0.2, 0.25) is 5.91 Å². The number of nitrogens with one attached hydrogen (secondary N) is 1. The van der Waals surface area contributed by atoms with E-state index in [1.807, 2.05) is 0 Å². The Morgan fingerprint density at radius 3 is 2.46 bits per heavy atom. The van der Waals surface area contributed by atoms with Gasteiger partial charge in [0.05, 0.1) is 36.2 Å². The van der Waals surface area contributed by atoms with E-state index in [0.717, 1.165) is 24.8 Å². The molecule has 1 N–H and O–H groups in total. The molecule has 1 saturated carbocycles. The van der Waals surface area contributed by atoms with Crippen molar-refractivity contribution in [1.82, 2.24) is 5.32 Å². The highest BCUT2D eigenvalue weighted by atomic mass is 32.2. The molecule has 24 heavy (non-hydrogen) atoms. The average Bonchev–Trinajstić information content (AvgIpc) is 2.52. The number of benzene rings is 1. The zero-order chi connectivity index (χ0) is 17.2. The van der Waals surface area contributed by atoms with Crippen LogP contribution in [0.2, 0.25) is 0 Å². The molecule has 3 rings (SSSR count). The van der Waals surface area contributed by atoms with E-state index in [-0.39, 0.29) is 16.9 Å². The van der Waals surface area contributed by atoms with Crippen LogP contribution < -0.4 is 5.32 Å². The largest absolute Gasteiger partial charge is 0.376 e. The Bertz CT molecular complexity index is 688. The van der Waals surface area contributed by atoms with E-state index in [2.05, 4.69) is 5.32 Å². The predicted molar refractivity (Wildman–Crippen MR) is 88.6 cm³/mol. The highest BCUT2D eigenvalue weighted by molar-refractivity contribution is 7.90. The lowest BCUT2D eigenvalue weighted by molar-refractivity contribution is -0.132. The zero-order valence-electron chi connectivity index (χ0n) is 13.8. The van der Waals surface area contributed by atoms with Crippen LogP contribution in [-0.2, 0) is 29.5 Å². The van der Waals surface area contributed by atoms with Crippen LogP contribution in [0.3, 0.4) is 0 Å². The summed E-state index contributed by atoms with van der Waals surface area (Å²) in [5.74, 6) is -0.0185. The number of sulfone groups is 1. The van der Waals surface area contributed by atoms with Crippen molar-refractivity contribution in [3.05, 3.63) is 29.8 Å². The molecule has 1 aromatic rings. The Morgan fingerprint density at radius 2 is 1.96 bits per heavy atom. The lowest BCUT2D eigenvalue weighted by Gasteiger charge is -2.41. The third-order valence-electron chi connectivity index (χ3n) is 4.85. The molecule has 6 nitrogen and oxygen atoms in total. The van der Waals surface area contributed by atoms with Crippen molar-refractivity contribution in [2.24, 2.45) is 0 Å². The van der Waals surface area contributed by atoms with Crippen LogP contribution in [-0.4, -0.2) is 53.1 Å². The SMILES string of the molecule is CS(=O)(=O)c1ccc(C2(C(=O)NC[C@H]3COCCO3)CCC2)cc1. The maximum atomic E-state index is 12.7. The van der Waals surface area contributed by atoms with E-state index in [9.17, 15) is 13.2 Å². The first-order valence-electron chi connectivity index (χ1n) is 8.20. The van der Waals surface area contributed by atoms with Crippen LogP contribution in [0.5, 0.6) is 0 Å². The molecule has 1 amide bonds. The van der Waals surface area contributed by atoms with Gasteiger partial charge in [0.15, 0.2) is 9.84 Å². The monoisotopic (exact) mass is 353 g/mol. The fourth-order valence-electron chi connectivity index (χ4n) is 3.23. The maximum Gasteiger partial charge on any atom is 0.230 e. The molecule has 1 aliphatic carbocycles. The van der Waals surface area contributed by atoms with Crippen LogP contribution in [0.4, 0.5) is 0 Å². The molecule has 132 valence electrons. The standard InChI is InChI=1S/C17H23NO5S/c1-24(20,21)15-5-3-13(4-6-15)17(7-2-8-17)16(19)18-11-14-12-22-9-10-23-14/h3-6,14H,2,7-12H2,1H3,(H,18,19)/t14-/m0/s1. The van der Waals surface area contributed by atoms with Crippen LogP contribution in [0.1, 0.15) is 24.8 Å². The first-order chi connectivity index (χ1) is 11.4. The third kappa shape index (κ3) is 3.48. The molecule has 0 aromatic heterocycles. The van der Waals surface area contributed by atoms with Gasteiger partial charge in [0.25, 0.3) is 0 Å². The Kier molecular flexibility index (Phi) is 4.94. The molecular weight excluding hydrogens is 330 g/mol. The Hall–Kier alpha value is -1.44. The minimum Gasteiger partial charge on any atom is -0.376 e. The second kappa shape index (κ2) is 6.82. The minimum atomic E-state index is -3.23. The normalized spacial score (nSPS) is 23.3. The Labute approximate surface area is 142 Å². The summed E-state index contributed by atoms with van der Waals surface area (Å²) in [5.41, 5.74) is 0.324. The molecule has 1 aliphatic heterocycles. The van der Waals surface area contributed by atoms with Gasteiger partial charge in [0, 0.05) is 12.8 Å². The Balaban J connectivity index is 1.70. The van der Waals surface area contributed by atoms with Gasteiger partial charge in [-0.15, -0.1) is 0 Å². The van der Waals surface area contributed by atoms with Crippen molar-refractivity contribution in [2.75, 3.05) is 32.6 Å². The van der Waals surface area contributed by atoms with E-state index >= 15 is 0 Å². The fraction of sp³-hybridized carbons (Fsp3) is 0.588. The quantitative estimate of drug-likeness (QED) is 0.855. The number of carbonyl (C=O) groups is 1. The molecular formula is C17H23NO5S. The first-order valence-corrected chi connectivity index (χ1v) is 10.1. The van der Waals surface area contributed by atoms with Crippen molar-refractivity contribution in [2.45, 2.75) is 35.7 Å². The third-order valence-corrected chi connectivity index (χ3v) is 5.98. The fourth-order valence-corrected chi connectivity index (χ4v) is 3.86. The van der Waals surface area contributed by atoms with Crippen molar-refractivity contribution in [1.29, 1.82) is 0 Å². The highest BCUT2D eigenvalue weighted by Gasteiger charge is 2.45. The van der Waals surface area contributed by atoms with E-state index in [1.54, 1.807) is 24.3 Å². The molecule has 0 unspecified atom stereocenters.